The average molecular weight is 230 g/mol. The molecule has 0 fully saturated rings. The minimum Gasteiger partial charge on any atom is -0.508 e. The molecule has 0 aliphatic heterocycles. The molecule has 1 aliphatic rings. The van der Waals surface area contributed by atoms with Crippen molar-refractivity contribution < 1.29 is 5.11 Å². The van der Waals surface area contributed by atoms with E-state index in [0.29, 0.717) is 11.7 Å². The molecule has 1 aliphatic carbocycles. The van der Waals surface area contributed by atoms with Crippen LogP contribution in [0.2, 0.25) is 0 Å². The zero-order chi connectivity index (χ0) is 12.8. The van der Waals surface area contributed by atoms with Gasteiger partial charge in [-0.3, -0.25) is 0 Å². The van der Waals surface area contributed by atoms with Crippen molar-refractivity contribution in [2.75, 3.05) is 0 Å². The van der Waals surface area contributed by atoms with Crippen LogP contribution in [0.4, 0.5) is 0 Å². The van der Waals surface area contributed by atoms with E-state index in [-0.39, 0.29) is 5.41 Å². The van der Waals surface area contributed by atoms with Crippen molar-refractivity contribution >= 4 is 5.57 Å². The Morgan fingerprint density at radius 3 is 2.41 bits per heavy atom. The lowest BCUT2D eigenvalue weighted by Crippen LogP contribution is -2.20. The maximum atomic E-state index is 9.99. The fourth-order valence-electron chi connectivity index (χ4n) is 2.89. The van der Waals surface area contributed by atoms with Gasteiger partial charge in [-0.15, -0.1) is 0 Å². The quantitative estimate of drug-likeness (QED) is 0.700. The topological polar surface area (TPSA) is 20.2 Å². The third-order valence-corrected chi connectivity index (χ3v) is 3.78. The molecule has 1 aromatic carbocycles. The number of benzene rings is 1. The van der Waals surface area contributed by atoms with Crippen molar-refractivity contribution in [3.63, 3.8) is 0 Å². The number of phenolic OH excluding ortho intramolecular Hbond substituents is 1. The van der Waals surface area contributed by atoms with Crippen molar-refractivity contribution in [2.45, 2.75) is 41.0 Å². The standard InChI is InChI=1S/C16H22O/c1-10(2)15-11-7-6-8-14(17)12(11)9-13(15)16(3,4)5/h6-8,13,17H,9H2,1-5H3. The SMILES string of the molecule is CC(C)=C1c2cccc(O)c2CC1C(C)(C)C. The average Bonchev–Trinajstić information content (AvgIpc) is 2.57. The van der Waals surface area contributed by atoms with E-state index in [1.165, 1.54) is 16.7 Å². The molecule has 1 aromatic rings. The third-order valence-electron chi connectivity index (χ3n) is 3.78. The molecule has 0 aromatic heterocycles. The van der Waals surface area contributed by atoms with Gasteiger partial charge in [0.2, 0.25) is 0 Å². The van der Waals surface area contributed by atoms with Crippen molar-refractivity contribution in [3.8, 4) is 5.75 Å². The number of allylic oxidation sites excluding steroid dienone is 2. The number of hydrogen-bond donors (Lipinski definition) is 1. The lowest BCUT2D eigenvalue weighted by molar-refractivity contribution is 0.306. The molecule has 2 rings (SSSR count). The minimum absolute atomic E-state index is 0.234. The van der Waals surface area contributed by atoms with E-state index >= 15 is 0 Å². The van der Waals surface area contributed by atoms with Crippen LogP contribution in [0, 0.1) is 11.3 Å². The fraction of sp³-hybridized carbons (Fsp3) is 0.500. The van der Waals surface area contributed by atoms with Crippen molar-refractivity contribution in [1.29, 1.82) is 0 Å². The van der Waals surface area contributed by atoms with E-state index in [1.807, 2.05) is 6.07 Å². The van der Waals surface area contributed by atoms with Crippen molar-refractivity contribution in [2.24, 2.45) is 11.3 Å². The monoisotopic (exact) mass is 230 g/mol. The fourth-order valence-corrected chi connectivity index (χ4v) is 2.89. The molecule has 0 bridgehead atoms. The molecule has 17 heavy (non-hydrogen) atoms. The Morgan fingerprint density at radius 2 is 1.88 bits per heavy atom. The van der Waals surface area contributed by atoms with Gasteiger partial charge in [0.05, 0.1) is 0 Å². The largest absolute Gasteiger partial charge is 0.508 e. The van der Waals surface area contributed by atoms with Gasteiger partial charge in [0.1, 0.15) is 5.75 Å². The molecule has 1 N–H and O–H groups in total. The van der Waals surface area contributed by atoms with Crippen LogP contribution in [0.3, 0.4) is 0 Å². The minimum atomic E-state index is 0.234. The Labute approximate surface area is 104 Å². The van der Waals surface area contributed by atoms with Gasteiger partial charge < -0.3 is 5.11 Å². The highest BCUT2D eigenvalue weighted by molar-refractivity contribution is 5.78. The Kier molecular flexibility index (Phi) is 2.81. The highest BCUT2D eigenvalue weighted by Crippen LogP contribution is 2.49. The van der Waals surface area contributed by atoms with E-state index in [2.05, 4.69) is 40.7 Å². The zero-order valence-corrected chi connectivity index (χ0v) is 11.5. The predicted octanol–water partition coefficient (Wildman–Crippen LogP) is 4.40. The number of fused-ring (bicyclic) bond motifs is 1. The first-order valence-corrected chi connectivity index (χ1v) is 6.31. The molecule has 1 atom stereocenters. The summed E-state index contributed by atoms with van der Waals surface area (Å²) in [5.41, 5.74) is 5.42. The van der Waals surface area contributed by atoms with Crippen LogP contribution < -0.4 is 0 Å². The highest BCUT2D eigenvalue weighted by atomic mass is 16.3. The van der Waals surface area contributed by atoms with E-state index in [4.69, 9.17) is 0 Å². The number of aromatic hydroxyl groups is 1. The molecule has 0 saturated heterocycles. The van der Waals surface area contributed by atoms with E-state index < -0.39 is 0 Å². The summed E-state index contributed by atoms with van der Waals surface area (Å²) in [5.74, 6) is 0.962. The normalized spacial score (nSPS) is 19.4. The predicted molar refractivity (Wildman–Crippen MR) is 73.0 cm³/mol. The summed E-state index contributed by atoms with van der Waals surface area (Å²) in [6, 6.07) is 5.89. The Bertz CT molecular complexity index is 471. The molecule has 0 saturated carbocycles. The number of hydrogen-bond acceptors (Lipinski definition) is 1. The maximum absolute atomic E-state index is 9.99. The molecule has 0 spiro atoms. The van der Waals surface area contributed by atoms with Gasteiger partial charge in [-0.2, -0.15) is 0 Å². The first-order valence-electron chi connectivity index (χ1n) is 6.31. The third kappa shape index (κ3) is 1.99. The summed E-state index contributed by atoms with van der Waals surface area (Å²) in [4.78, 5) is 0. The Balaban J connectivity index is 2.62. The van der Waals surface area contributed by atoms with E-state index in [0.717, 1.165) is 12.0 Å². The summed E-state index contributed by atoms with van der Waals surface area (Å²) in [6.07, 6.45) is 0.964. The zero-order valence-electron chi connectivity index (χ0n) is 11.5. The lowest BCUT2D eigenvalue weighted by Gasteiger charge is -2.29. The molecular weight excluding hydrogens is 208 g/mol. The van der Waals surface area contributed by atoms with Crippen LogP contribution in [-0.2, 0) is 6.42 Å². The van der Waals surface area contributed by atoms with Crippen LogP contribution in [0.5, 0.6) is 5.75 Å². The van der Waals surface area contributed by atoms with Gasteiger partial charge in [0, 0.05) is 5.56 Å². The summed E-state index contributed by atoms with van der Waals surface area (Å²) < 4.78 is 0. The smallest absolute Gasteiger partial charge is 0.119 e. The molecule has 0 radical (unpaired) electrons. The Hall–Kier alpha value is -1.24. The van der Waals surface area contributed by atoms with Crippen LogP contribution in [0.1, 0.15) is 45.7 Å². The van der Waals surface area contributed by atoms with Crippen LogP contribution in [-0.4, -0.2) is 5.11 Å². The molecule has 1 unspecified atom stereocenters. The van der Waals surface area contributed by atoms with Crippen molar-refractivity contribution in [3.05, 3.63) is 34.9 Å². The van der Waals surface area contributed by atoms with Gasteiger partial charge in [-0.25, -0.2) is 0 Å². The highest BCUT2D eigenvalue weighted by Gasteiger charge is 2.36. The van der Waals surface area contributed by atoms with E-state index in [1.54, 1.807) is 6.07 Å². The van der Waals surface area contributed by atoms with Gasteiger partial charge in [0.15, 0.2) is 0 Å². The van der Waals surface area contributed by atoms with Gasteiger partial charge in [0.25, 0.3) is 0 Å². The van der Waals surface area contributed by atoms with Gasteiger partial charge in [-0.1, -0.05) is 38.5 Å². The van der Waals surface area contributed by atoms with Gasteiger partial charge >= 0.3 is 0 Å². The summed E-state index contributed by atoms with van der Waals surface area (Å²) in [7, 11) is 0. The first-order chi connectivity index (χ1) is 7.82. The second-order valence-electron chi connectivity index (χ2n) is 6.34. The second-order valence-corrected chi connectivity index (χ2v) is 6.34. The molecule has 1 nitrogen and oxygen atoms in total. The number of rotatable bonds is 0. The molecular formula is C16H22O. The second kappa shape index (κ2) is 3.90. The lowest BCUT2D eigenvalue weighted by atomic mass is 9.75. The molecule has 0 amide bonds. The Morgan fingerprint density at radius 1 is 1.24 bits per heavy atom. The van der Waals surface area contributed by atoms with E-state index in [9.17, 15) is 5.11 Å². The van der Waals surface area contributed by atoms with Gasteiger partial charge in [-0.05, 0) is 48.8 Å². The number of phenols is 1. The van der Waals surface area contributed by atoms with Crippen LogP contribution in [0.15, 0.2) is 23.8 Å². The first kappa shape index (κ1) is 12.2. The van der Waals surface area contributed by atoms with Crippen LogP contribution in [0.25, 0.3) is 5.57 Å². The molecule has 0 heterocycles. The maximum Gasteiger partial charge on any atom is 0.119 e. The van der Waals surface area contributed by atoms with Crippen molar-refractivity contribution in [1.82, 2.24) is 0 Å². The molecule has 92 valence electrons. The summed E-state index contributed by atoms with van der Waals surface area (Å²) in [6.45, 7) is 11.2. The van der Waals surface area contributed by atoms with Crippen LogP contribution >= 0.6 is 0 Å². The summed E-state index contributed by atoms with van der Waals surface area (Å²) in [5, 5.41) is 9.99. The summed E-state index contributed by atoms with van der Waals surface area (Å²) >= 11 is 0. The molecule has 1 heteroatoms.